The van der Waals surface area contributed by atoms with Crippen LogP contribution < -0.4 is 5.43 Å². The quantitative estimate of drug-likeness (QED) is 0.484. The number of aromatic nitrogens is 2. The summed E-state index contributed by atoms with van der Waals surface area (Å²) < 4.78 is 0. The van der Waals surface area contributed by atoms with Crippen molar-refractivity contribution in [3.63, 3.8) is 0 Å². The minimum absolute atomic E-state index is 0.686. The number of nitrogens with one attached hydrogen (secondary N) is 1. The third kappa shape index (κ3) is 3.20. The van der Waals surface area contributed by atoms with Crippen molar-refractivity contribution >= 4 is 23.0 Å². The number of hydrazone groups is 1. The van der Waals surface area contributed by atoms with Crippen LogP contribution in [0.1, 0.15) is 25.5 Å². The maximum absolute atomic E-state index is 5.25. The summed E-state index contributed by atoms with van der Waals surface area (Å²) >= 11 is 5.25. The zero-order valence-corrected chi connectivity index (χ0v) is 10.6. The van der Waals surface area contributed by atoms with E-state index in [0.29, 0.717) is 5.11 Å². The fourth-order valence-electron chi connectivity index (χ4n) is 1.67. The minimum Gasteiger partial charge on any atom is -0.348 e. The monoisotopic (exact) mass is 249 g/mol. The SMILES string of the molecule is C/C(=N/NC(=S)N1CCCC1)c1cnccn1. The summed E-state index contributed by atoms with van der Waals surface area (Å²) in [5, 5.41) is 4.91. The van der Waals surface area contributed by atoms with E-state index in [0.717, 1.165) is 24.5 Å². The first kappa shape index (κ1) is 11.9. The topological polar surface area (TPSA) is 53.4 Å². The number of hydrogen-bond donors (Lipinski definition) is 1. The van der Waals surface area contributed by atoms with Crippen molar-refractivity contribution in [3.05, 3.63) is 24.3 Å². The standard InChI is InChI=1S/C11H15N5S/c1-9(10-8-12-4-5-13-10)14-15-11(17)16-6-2-3-7-16/h4-5,8H,2-3,6-7H2,1H3,(H,15,17)/b14-9-. The van der Waals surface area contributed by atoms with Crippen LogP contribution in [0.15, 0.2) is 23.7 Å². The molecule has 0 aliphatic carbocycles. The van der Waals surface area contributed by atoms with Gasteiger partial charge in [-0.2, -0.15) is 5.10 Å². The molecule has 0 radical (unpaired) electrons. The molecule has 90 valence electrons. The van der Waals surface area contributed by atoms with Crippen molar-refractivity contribution < 1.29 is 0 Å². The summed E-state index contributed by atoms with van der Waals surface area (Å²) in [6, 6.07) is 0. The molecule has 0 aromatic carbocycles. The molecule has 0 spiro atoms. The van der Waals surface area contributed by atoms with E-state index in [1.807, 2.05) is 6.92 Å². The molecule has 17 heavy (non-hydrogen) atoms. The van der Waals surface area contributed by atoms with Crippen molar-refractivity contribution in [2.24, 2.45) is 5.10 Å². The molecular weight excluding hydrogens is 234 g/mol. The predicted octanol–water partition coefficient (Wildman–Crippen LogP) is 1.17. The van der Waals surface area contributed by atoms with E-state index in [1.165, 1.54) is 12.8 Å². The highest BCUT2D eigenvalue weighted by Crippen LogP contribution is 2.07. The van der Waals surface area contributed by atoms with Gasteiger partial charge in [-0.1, -0.05) is 0 Å². The van der Waals surface area contributed by atoms with Crippen LogP contribution in [-0.4, -0.2) is 38.8 Å². The lowest BCUT2D eigenvalue weighted by Gasteiger charge is -2.17. The fourth-order valence-corrected chi connectivity index (χ4v) is 1.89. The van der Waals surface area contributed by atoms with Gasteiger partial charge in [0.25, 0.3) is 0 Å². The summed E-state index contributed by atoms with van der Waals surface area (Å²) in [7, 11) is 0. The highest BCUT2D eigenvalue weighted by molar-refractivity contribution is 7.80. The Bertz CT molecular complexity index is 411. The summed E-state index contributed by atoms with van der Waals surface area (Å²) in [4.78, 5) is 10.3. The second-order valence-corrected chi connectivity index (χ2v) is 4.29. The van der Waals surface area contributed by atoms with Crippen molar-refractivity contribution in [2.75, 3.05) is 13.1 Å². The van der Waals surface area contributed by atoms with E-state index < -0.39 is 0 Å². The lowest BCUT2D eigenvalue weighted by Crippen LogP contribution is -2.35. The Kier molecular flexibility index (Phi) is 3.98. The Morgan fingerprint density at radius 3 is 2.82 bits per heavy atom. The summed E-state index contributed by atoms with van der Waals surface area (Å²) in [6.07, 6.45) is 7.37. The second-order valence-electron chi connectivity index (χ2n) is 3.90. The van der Waals surface area contributed by atoms with Gasteiger partial charge in [-0.3, -0.25) is 15.4 Å². The van der Waals surface area contributed by atoms with Gasteiger partial charge in [0.15, 0.2) is 5.11 Å². The first-order chi connectivity index (χ1) is 8.27. The zero-order chi connectivity index (χ0) is 12.1. The summed E-state index contributed by atoms with van der Waals surface area (Å²) in [6.45, 7) is 3.92. The maximum Gasteiger partial charge on any atom is 0.189 e. The molecule has 0 unspecified atom stereocenters. The molecule has 0 amide bonds. The Hall–Kier alpha value is -1.56. The molecule has 6 heteroatoms. The van der Waals surface area contributed by atoms with E-state index >= 15 is 0 Å². The molecule has 1 fully saturated rings. The van der Waals surface area contributed by atoms with Crippen molar-refractivity contribution in [2.45, 2.75) is 19.8 Å². The molecule has 1 N–H and O–H groups in total. The Morgan fingerprint density at radius 2 is 2.18 bits per heavy atom. The van der Waals surface area contributed by atoms with Gasteiger partial charge >= 0.3 is 0 Å². The smallest absolute Gasteiger partial charge is 0.189 e. The van der Waals surface area contributed by atoms with Crippen molar-refractivity contribution in [3.8, 4) is 0 Å². The first-order valence-corrected chi connectivity index (χ1v) is 6.04. The molecule has 1 saturated heterocycles. The summed E-state index contributed by atoms with van der Waals surface area (Å²) in [5.41, 5.74) is 4.43. The van der Waals surface area contributed by atoms with E-state index in [1.54, 1.807) is 18.6 Å². The third-order valence-corrected chi connectivity index (χ3v) is 3.00. The van der Waals surface area contributed by atoms with Gasteiger partial charge in [0.05, 0.1) is 11.9 Å². The number of nitrogens with zero attached hydrogens (tertiary/aromatic N) is 4. The maximum atomic E-state index is 5.25. The van der Waals surface area contributed by atoms with Crippen molar-refractivity contribution in [1.82, 2.24) is 20.3 Å². The van der Waals surface area contributed by atoms with Gasteiger partial charge < -0.3 is 4.90 Å². The molecule has 1 aromatic rings. The molecule has 1 aliphatic rings. The van der Waals surface area contributed by atoms with E-state index in [9.17, 15) is 0 Å². The minimum atomic E-state index is 0.686. The molecular formula is C11H15N5S. The van der Waals surface area contributed by atoms with E-state index in [-0.39, 0.29) is 0 Å². The molecule has 2 rings (SSSR count). The number of hydrogen-bond acceptors (Lipinski definition) is 4. The Labute approximate surface area is 106 Å². The molecule has 0 atom stereocenters. The molecule has 1 aliphatic heterocycles. The van der Waals surface area contributed by atoms with Crippen LogP contribution in [0, 0.1) is 0 Å². The molecule has 0 saturated carbocycles. The van der Waals surface area contributed by atoms with Gasteiger partial charge in [-0.15, -0.1) is 0 Å². The zero-order valence-electron chi connectivity index (χ0n) is 9.76. The van der Waals surface area contributed by atoms with Gasteiger partial charge in [-0.25, -0.2) is 0 Å². The van der Waals surface area contributed by atoms with Gasteiger partial charge in [0.2, 0.25) is 0 Å². The van der Waals surface area contributed by atoms with Gasteiger partial charge in [-0.05, 0) is 32.0 Å². The van der Waals surface area contributed by atoms with Crippen LogP contribution in [0.2, 0.25) is 0 Å². The fraction of sp³-hybridized carbons (Fsp3) is 0.455. The lowest BCUT2D eigenvalue weighted by atomic mass is 10.3. The van der Waals surface area contributed by atoms with E-state index in [4.69, 9.17) is 12.2 Å². The number of likely N-dealkylation sites (tertiary alicyclic amines) is 1. The lowest BCUT2D eigenvalue weighted by molar-refractivity contribution is 0.509. The normalized spacial score (nSPS) is 16.1. The second kappa shape index (κ2) is 5.67. The average Bonchev–Trinajstić information content (AvgIpc) is 2.90. The largest absolute Gasteiger partial charge is 0.348 e. The number of thiocarbonyl (C=S) groups is 1. The Balaban J connectivity index is 1.94. The van der Waals surface area contributed by atoms with E-state index in [2.05, 4.69) is 25.4 Å². The molecule has 2 heterocycles. The van der Waals surface area contributed by atoms with Gasteiger partial charge in [0, 0.05) is 25.5 Å². The third-order valence-electron chi connectivity index (χ3n) is 2.65. The van der Waals surface area contributed by atoms with Crippen LogP contribution in [0.3, 0.4) is 0 Å². The van der Waals surface area contributed by atoms with Crippen LogP contribution in [0.5, 0.6) is 0 Å². The summed E-state index contributed by atoms with van der Waals surface area (Å²) in [5.74, 6) is 0. The Morgan fingerprint density at radius 1 is 1.41 bits per heavy atom. The number of rotatable bonds is 2. The molecule has 0 bridgehead atoms. The van der Waals surface area contributed by atoms with Crippen molar-refractivity contribution in [1.29, 1.82) is 0 Å². The first-order valence-electron chi connectivity index (χ1n) is 5.63. The van der Waals surface area contributed by atoms with Crippen LogP contribution in [0.25, 0.3) is 0 Å². The van der Waals surface area contributed by atoms with Crippen LogP contribution >= 0.6 is 12.2 Å². The molecule has 5 nitrogen and oxygen atoms in total. The van der Waals surface area contributed by atoms with Crippen LogP contribution in [-0.2, 0) is 0 Å². The highest BCUT2D eigenvalue weighted by atomic mass is 32.1. The van der Waals surface area contributed by atoms with Gasteiger partial charge in [0.1, 0.15) is 5.69 Å². The molecule has 1 aromatic heterocycles. The predicted molar refractivity (Wildman–Crippen MR) is 70.8 cm³/mol. The average molecular weight is 249 g/mol. The highest BCUT2D eigenvalue weighted by Gasteiger charge is 2.13. The van der Waals surface area contributed by atoms with Crippen LogP contribution in [0.4, 0.5) is 0 Å².